The van der Waals surface area contributed by atoms with Gasteiger partial charge in [0.25, 0.3) is 0 Å². The molecule has 0 bridgehead atoms. The molecule has 152 valence electrons. The lowest BCUT2D eigenvalue weighted by Gasteiger charge is -2.22. The van der Waals surface area contributed by atoms with Crippen molar-refractivity contribution >= 4 is 35.6 Å². The number of carbonyl (C=O) groups excluding carboxylic acids is 4. The van der Waals surface area contributed by atoms with Crippen molar-refractivity contribution in [1.29, 1.82) is 0 Å². The number of rotatable bonds is 12. The Morgan fingerprint density at radius 2 is 1.37 bits per heavy atom. The van der Waals surface area contributed by atoms with Crippen molar-refractivity contribution in [3.05, 3.63) is 0 Å². The first-order chi connectivity index (χ1) is 12.5. The summed E-state index contributed by atoms with van der Waals surface area (Å²) in [5, 5.41) is 32.3. The Morgan fingerprint density at radius 3 is 1.81 bits per heavy atom. The van der Waals surface area contributed by atoms with E-state index in [1.54, 1.807) is 0 Å². The van der Waals surface area contributed by atoms with E-state index in [1.165, 1.54) is 0 Å². The Morgan fingerprint density at radius 1 is 0.815 bits per heavy atom. The van der Waals surface area contributed by atoms with Gasteiger partial charge in [-0.3, -0.25) is 28.8 Å². The Balaban J connectivity index is 5.00. The molecule has 0 aromatic carbocycles. The van der Waals surface area contributed by atoms with Gasteiger partial charge in [-0.25, -0.2) is 0 Å². The lowest BCUT2D eigenvalue weighted by Crippen LogP contribution is -2.57. The van der Waals surface area contributed by atoms with E-state index in [4.69, 9.17) is 21.7 Å². The topological polar surface area (TPSA) is 251 Å². The molecule has 0 saturated carbocycles. The van der Waals surface area contributed by atoms with Crippen molar-refractivity contribution in [3.8, 4) is 0 Å². The molecule has 0 aromatic rings. The number of hydrogen-bond acceptors (Lipinski definition) is 8. The zero-order valence-electron chi connectivity index (χ0n) is 14.0. The number of nitrogens with one attached hydrogen (secondary N) is 3. The summed E-state index contributed by atoms with van der Waals surface area (Å²) in [4.78, 5) is 67.7. The molecular weight excluding hydrogens is 370 g/mol. The van der Waals surface area contributed by atoms with Gasteiger partial charge in [0.05, 0.1) is 25.5 Å². The van der Waals surface area contributed by atoms with Crippen LogP contribution in [0.15, 0.2) is 0 Å². The SMILES string of the molecule is NC(=O)CC(NC(=O)C(CO)NC(=O)C(N)CC(=O)O)C(=O)NCC(=O)O. The van der Waals surface area contributed by atoms with E-state index in [2.05, 4.69) is 0 Å². The number of aliphatic carboxylic acids is 2. The monoisotopic (exact) mass is 391 g/mol. The maximum absolute atomic E-state index is 12.1. The van der Waals surface area contributed by atoms with Gasteiger partial charge < -0.3 is 42.7 Å². The minimum absolute atomic E-state index is 0.679. The smallest absolute Gasteiger partial charge is 0.322 e. The molecule has 0 radical (unpaired) electrons. The van der Waals surface area contributed by atoms with Gasteiger partial charge in [-0.1, -0.05) is 0 Å². The summed E-state index contributed by atoms with van der Waals surface area (Å²) >= 11 is 0. The molecule has 0 aromatic heterocycles. The summed E-state index contributed by atoms with van der Waals surface area (Å²) in [6, 6.07) is -4.67. The number of primary amides is 1. The fourth-order valence-electron chi connectivity index (χ4n) is 1.72. The molecule has 14 heteroatoms. The van der Waals surface area contributed by atoms with Gasteiger partial charge in [-0.15, -0.1) is 0 Å². The molecule has 27 heavy (non-hydrogen) atoms. The first-order valence-electron chi connectivity index (χ1n) is 7.44. The maximum atomic E-state index is 12.1. The first kappa shape index (κ1) is 23.7. The number of aliphatic hydroxyl groups excluding tert-OH is 1. The van der Waals surface area contributed by atoms with E-state index in [0.717, 1.165) is 0 Å². The molecule has 0 heterocycles. The number of carboxylic acid groups (broad SMARTS) is 2. The summed E-state index contributed by atoms with van der Waals surface area (Å²) in [6.45, 7) is -1.72. The standard InChI is InChI=1S/C13H21N5O9/c14-5(1-9(21)22)11(25)18-7(4-19)13(27)17-6(2-8(15)20)12(26)16-3-10(23)24/h5-7,19H,1-4,14H2,(H2,15,20)(H,16,26)(H,17,27)(H,18,25)(H,21,22)(H,23,24). The average molecular weight is 391 g/mol. The first-order valence-corrected chi connectivity index (χ1v) is 7.44. The number of nitrogens with two attached hydrogens (primary N) is 2. The average Bonchev–Trinajstić information content (AvgIpc) is 2.55. The van der Waals surface area contributed by atoms with Crippen LogP contribution in [-0.2, 0) is 28.8 Å². The number of hydrogen-bond donors (Lipinski definition) is 8. The van der Waals surface area contributed by atoms with Crippen LogP contribution in [0.1, 0.15) is 12.8 Å². The van der Waals surface area contributed by atoms with Crippen LogP contribution < -0.4 is 27.4 Å². The summed E-state index contributed by atoms with van der Waals surface area (Å²) in [6.07, 6.45) is -1.41. The lowest BCUT2D eigenvalue weighted by atomic mass is 10.1. The molecule has 0 aliphatic rings. The van der Waals surface area contributed by atoms with Crippen molar-refractivity contribution < 1.29 is 44.1 Å². The summed E-state index contributed by atoms with van der Waals surface area (Å²) < 4.78 is 0. The largest absolute Gasteiger partial charge is 0.481 e. The molecule has 0 aliphatic carbocycles. The minimum atomic E-state index is -1.61. The van der Waals surface area contributed by atoms with Crippen LogP contribution in [0.5, 0.6) is 0 Å². The fraction of sp³-hybridized carbons (Fsp3) is 0.538. The van der Waals surface area contributed by atoms with Crippen molar-refractivity contribution in [2.45, 2.75) is 31.0 Å². The van der Waals surface area contributed by atoms with Crippen LogP contribution in [0, 0.1) is 0 Å². The van der Waals surface area contributed by atoms with Gasteiger partial charge in [0.15, 0.2) is 0 Å². The van der Waals surface area contributed by atoms with Crippen molar-refractivity contribution in [2.75, 3.05) is 13.2 Å². The van der Waals surface area contributed by atoms with Crippen molar-refractivity contribution in [1.82, 2.24) is 16.0 Å². The van der Waals surface area contributed by atoms with E-state index < -0.39 is 79.7 Å². The highest BCUT2D eigenvalue weighted by molar-refractivity contribution is 5.96. The van der Waals surface area contributed by atoms with Gasteiger partial charge in [0, 0.05) is 0 Å². The van der Waals surface area contributed by atoms with Crippen molar-refractivity contribution in [2.24, 2.45) is 11.5 Å². The third-order valence-electron chi connectivity index (χ3n) is 3.00. The second-order valence-electron chi connectivity index (χ2n) is 5.29. The second-order valence-corrected chi connectivity index (χ2v) is 5.29. The molecule has 0 aliphatic heterocycles. The zero-order valence-corrected chi connectivity index (χ0v) is 14.0. The quantitative estimate of drug-likeness (QED) is 0.157. The van der Waals surface area contributed by atoms with Gasteiger partial charge in [0.2, 0.25) is 23.6 Å². The third-order valence-corrected chi connectivity index (χ3v) is 3.00. The van der Waals surface area contributed by atoms with E-state index in [-0.39, 0.29) is 0 Å². The van der Waals surface area contributed by atoms with Crippen LogP contribution in [0.25, 0.3) is 0 Å². The van der Waals surface area contributed by atoms with Crippen molar-refractivity contribution in [3.63, 3.8) is 0 Å². The Kier molecular flexibility index (Phi) is 10.0. The molecule has 14 nitrogen and oxygen atoms in total. The Bertz CT molecular complexity index is 609. The number of carboxylic acids is 2. The van der Waals surface area contributed by atoms with Gasteiger partial charge in [-0.05, 0) is 0 Å². The molecule has 10 N–H and O–H groups in total. The predicted octanol–water partition coefficient (Wildman–Crippen LogP) is -5.17. The fourth-order valence-corrected chi connectivity index (χ4v) is 1.72. The Labute approximate surface area is 152 Å². The molecular formula is C13H21N5O9. The van der Waals surface area contributed by atoms with Crippen LogP contribution in [0.2, 0.25) is 0 Å². The highest BCUT2D eigenvalue weighted by Crippen LogP contribution is 1.96. The number of aliphatic hydroxyl groups is 1. The number of carbonyl (C=O) groups is 6. The molecule has 4 amide bonds. The summed E-state index contributed by atoms with van der Waals surface area (Å²) in [5.41, 5.74) is 10.3. The molecule has 0 rings (SSSR count). The van der Waals surface area contributed by atoms with Crippen LogP contribution in [-0.4, -0.2) is 82.2 Å². The van der Waals surface area contributed by atoms with E-state index in [9.17, 15) is 33.9 Å². The lowest BCUT2D eigenvalue weighted by molar-refractivity contribution is -0.140. The van der Waals surface area contributed by atoms with Crippen LogP contribution >= 0.6 is 0 Å². The van der Waals surface area contributed by atoms with E-state index >= 15 is 0 Å². The molecule has 3 unspecified atom stereocenters. The Hall–Kier alpha value is -3.26. The van der Waals surface area contributed by atoms with Gasteiger partial charge in [0.1, 0.15) is 18.6 Å². The highest BCUT2D eigenvalue weighted by Gasteiger charge is 2.29. The predicted molar refractivity (Wildman–Crippen MR) is 85.6 cm³/mol. The normalized spacial score (nSPS) is 13.6. The molecule has 0 spiro atoms. The van der Waals surface area contributed by atoms with Crippen LogP contribution in [0.3, 0.4) is 0 Å². The molecule has 0 fully saturated rings. The number of amides is 4. The second kappa shape index (κ2) is 11.4. The van der Waals surface area contributed by atoms with Gasteiger partial charge >= 0.3 is 11.9 Å². The molecule has 0 saturated heterocycles. The zero-order chi connectivity index (χ0) is 21.1. The third kappa shape index (κ3) is 9.71. The highest BCUT2D eigenvalue weighted by atomic mass is 16.4. The maximum Gasteiger partial charge on any atom is 0.322 e. The van der Waals surface area contributed by atoms with E-state index in [1.807, 2.05) is 16.0 Å². The summed E-state index contributed by atoms with van der Waals surface area (Å²) in [7, 11) is 0. The van der Waals surface area contributed by atoms with Gasteiger partial charge in [-0.2, -0.15) is 0 Å². The minimum Gasteiger partial charge on any atom is -0.481 e. The van der Waals surface area contributed by atoms with E-state index in [0.29, 0.717) is 0 Å². The molecule has 3 atom stereocenters. The van der Waals surface area contributed by atoms with Crippen LogP contribution in [0.4, 0.5) is 0 Å². The summed E-state index contributed by atoms with van der Waals surface area (Å²) in [5.74, 6) is -6.91.